The Hall–Kier alpha value is -2.75. The molecule has 2 saturated heterocycles. The highest BCUT2D eigenvalue weighted by Crippen LogP contribution is 2.26. The predicted octanol–water partition coefficient (Wildman–Crippen LogP) is 1.68. The molecule has 4 amide bonds. The zero-order valence-corrected chi connectivity index (χ0v) is 17.8. The normalized spacial score (nSPS) is 23.1. The number of nitrogens with one attached hydrogen (secondary N) is 3. The largest absolute Gasteiger partial charge is 0.353 e. The van der Waals surface area contributed by atoms with E-state index in [-0.39, 0.29) is 35.6 Å². The van der Waals surface area contributed by atoms with E-state index >= 15 is 0 Å². The fourth-order valence-corrected chi connectivity index (χ4v) is 4.31. The Bertz CT molecular complexity index is 833. The number of urea groups is 1. The van der Waals surface area contributed by atoms with Gasteiger partial charge in [-0.15, -0.1) is 0 Å². The molecule has 2 heterocycles. The Kier molecular flexibility index (Phi) is 7.42. The molecule has 3 N–H and O–H groups in total. The zero-order chi connectivity index (χ0) is 22.5. The van der Waals surface area contributed by atoms with E-state index < -0.39 is 17.7 Å². The van der Waals surface area contributed by atoms with Crippen LogP contribution in [0, 0.1) is 11.6 Å². The van der Waals surface area contributed by atoms with Crippen molar-refractivity contribution in [2.24, 2.45) is 0 Å². The second-order valence-corrected chi connectivity index (χ2v) is 7.87. The summed E-state index contributed by atoms with van der Waals surface area (Å²) in [6.07, 6.45) is 1.44. The first kappa shape index (κ1) is 22.9. The number of amides is 4. The summed E-state index contributed by atoms with van der Waals surface area (Å²) in [5.74, 6) is -1.60. The molecule has 8 nitrogen and oxygen atoms in total. The number of anilines is 1. The summed E-state index contributed by atoms with van der Waals surface area (Å²) in [4.78, 5) is 40.8. The first-order valence-electron chi connectivity index (χ1n) is 10.7. The van der Waals surface area contributed by atoms with Crippen LogP contribution in [0.1, 0.15) is 33.1 Å². The lowest BCUT2D eigenvalue weighted by Gasteiger charge is -2.37. The Morgan fingerprint density at radius 1 is 1.26 bits per heavy atom. The van der Waals surface area contributed by atoms with Gasteiger partial charge in [0, 0.05) is 50.7 Å². The van der Waals surface area contributed by atoms with Crippen LogP contribution < -0.4 is 16.0 Å². The fourth-order valence-electron chi connectivity index (χ4n) is 4.31. The van der Waals surface area contributed by atoms with Gasteiger partial charge in [0.1, 0.15) is 11.6 Å². The zero-order valence-electron chi connectivity index (χ0n) is 17.8. The van der Waals surface area contributed by atoms with E-state index in [1.165, 1.54) is 0 Å². The molecule has 2 aliphatic rings. The van der Waals surface area contributed by atoms with Crippen molar-refractivity contribution in [2.45, 2.75) is 51.2 Å². The van der Waals surface area contributed by atoms with Crippen LogP contribution in [-0.2, 0) is 9.59 Å². The number of carbonyl (C=O) groups excluding carboxylic acids is 3. The van der Waals surface area contributed by atoms with E-state index in [0.717, 1.165) is 12.1 Å². The van der Waals surface area contributed by atoms with Crippen molar-refractivity contribution in [3.05, 3.63) is 29.8 Å². The standard InChI is InChI=1S/C21H29F2N5O3/c1-3-27(4-2)19(29)8-6-15-11-24-20(30)18-10-14(12-28(15)18)25-21(31)26-17-7-5-13(22)9-16(17)23/h5,7,9,14-15,18H,3-4,6,8,10-12H2,1-2H3,(H,24,30)(H2,25,26,31). The van der Waals surface area contributed by atoms with Crippen LogP contribution in [0.2, 0.25) is 0 Å². The van der Waals surface area contributed by atoms with Crippen LogP contribution >= 0.6 is 0 Å². The van der Waals surface area contributed by atoms with Crippen molar-refractivity contribution in [2.75, 3.05) is 31.5 Å². The lowest BCUT2D eigenvalue weighted by molar-refractivity contribution is -0.132. The third-order valence-corrected chi connectivity index (χ3v) is 5.95. The summed E-state index contributed by atoms with van der Waals surface area (Å²) < 4.78 is 26.8. The molecule has 10 heteroatoms. The van der Waals surface area contributed by atoms with Crippen molar-refractivity contribution < 1.29 is 23.2 Å². The maximum absolute atomic E-state index is 13.8. The highest BCUT2D eigenvalue weighted by molar-refractivity contribution is 5.90. The smallest absolute Gasteiger partial charge is 0.319 e. The molecule has 31 heavy (non-hydrogen) atoms. The number of carbonyl (C=O) groups is 3. The molecule has 0 radical (unpaired) electrons. The van der Waals surface area contributed by atoms with Gasteiger partial charge in [0.05, 0.1) is 11.7 Å². The molecular formula is C21H29F2N5O3. The van der Waals surface area contributed by atoms with Gasteiger partial charge in [-0.05, 0) is 38.8 Å². The van der Waals surface area contributed by atoms with Crippen LogP contribution in [0.5, 0.6) is 0 Å². The molecule has 3 unspecified atom stereocenters. The Labute approximate surface area is 180 Å². The molecule has 1 aromatic rings. The minimum atomic E-state index is -0.865. The van der Waals surface area contributed by atoms with Crippen molar-refractivity contribution in [3.8, 4) is 0 Å². The van der Waals surface area contributed by atoms with Gasteiger partial charge in [0.25, 0.3) is 0 Å². The SMILES string of the molecule is CCN(CC)C(=O)CCC1CNC(=O)C2CC(NC(=O)Nc3ccc(F)cc3F)CN12. The molecule has 0 spiro atoms. The quantitative estimate of drug-likeness (QED) is 0.605. The number of rotatable bonds is 7. The second-order valence-electron chi connectivity index (χ2n) is 7.87. The van der Waals surface area contributed by atoms with Gasteiger partial charge in [0.15, 0.2) is 0 Å². The van der Waals surface area contributed by atoms with Gasteiger partial charge < -0.3 is 20.9 Å². The Morgan fingerprint density at radius 3 is 2.68 bits per heavy atom. The molecule has 0 saturated carbocycles. The third kappa shape index (κ3) is 5.49. The minimum Gasteiger partial charge on any atom is -0.353 e. The van der Waals surface area contributed by atoms with Gasteiger partial charge >= 0.3 is 6.03 Å². The highest BCUT2D eigenvalue weighted by Gasteiger charge is 2.43. The van der Waals surface area contributed by atoms with E-state index in [0.29, 0.717) is 51.5 Å². The molecule has 1 aromatic carbocycles. The summed E-state index contributed by atoms with van der Waals surface area (Å²) in [7, 11) is 0. The summed E-state index contributed by atoms with van der Waals surface area (Å²) >= 11 is 0. The van der Waals surface area contributed by atoms with Gasteiger partial charge in [-0.25, -0.2) is 13.6 Å². The molecule has 0 aliphatic carbocycles. The fraction of sp³-hybridized carbons (Fsp3) is 0.571. The number of nitrogens with zero attached hydrogens (tertiary/aromatic N) is 2. The van der Waals surface area contributed by atoms with E-state index in [9.17, 15) is 23.2 Å². The Balaban J connectivity index is 1.56. The second kappa shape index (κ2) is 10.0. The molecule has 0 aromatic heterocycles. The van der Waals surface area contributed by atoms with Gasteiger partial charge in [-0.1, -0.05) is 0 Å². The number of fused-ring (bicyclic) bond motifs is 1. The summed E-state index contributed by atoms with van der Waals surface area (Å²) in [6, 6.07) is 1.60. The molecule has 3 rings (SSSR count). The molecule has 3 atom stereocenters. The molecule has 2 aliphatic heterocycles. The maximum atomic E-state index is 13.8. The van der Waals surface area contributed by atoms with E-state index in [1.54, 1.807) is 4.90 Å². The number of hydrogen-bond acceptors (Lipinski definition) is 4. The summed E-state index contributed by atoms with van der Waals surface area (Å²) in [5, 5.41) is 8.03. The lowest BCUT2D eigenvalue weighted by Crippen LogP contribution is -2.58. The predicted molar refractivity (Wildman–Crippen MR) is 111 cm³/mol. The van der Waals surface area contributed by atoms with Crippen molar-refractivity contribution in [1.29, 1.82) is 0 Å². The van der Waals surface area contributed by atoms with Gasteiger partial charge in [-0.2, -0.15) is 0 Å². The topological polar surface area (TPSA) is 93.8 Å². The van der Waals surface area contributed by atoms with Crippen LogP contribution in [0.3, 0.4) is 0 Å². The monoisotopic (exact) mass is 437 g/mol. The number of piperazine rings is 1. The number of benzene rings is 1. The summed E-state index contributed by atoms with van der Waals surface area (Å²) in [5.41, 5.74) is -0.125. The highest BCUT2D eigenvalue weighted by atomic mass is 19.1. The van der Waals surface area contributed by atoms with E-state index in [2.05, 4.69) is 16.0 Å². The molecule has 2 fully saturated rings. The van der Waals surface area contributed by atoms with E-state index in [4.69, 9.17) is 0 Å². The van der Waals surface area contributed by atoms with Crippen molar-refractivity contribution >= 4 is 23.5 Å². The van der Waals surface area contributed by atoms with Crippen LogP contribution in [-0.4, -0.2) is 71.9 Å². The molecule has 0 bridgehead atoms. The van der Waals surface area contributed by atoms with Crippen molar-refractivity contribution in [1.82, 2.24) is 20.4 Å². The first-order valence-corrected chi connectivity index (χ1v) is 10.7. The number of hydrogen-bond donors (Lipinski definition) is 3. The first-order chi connectivity index (χ1) is 14.8. The number of halogens is 2. The van der Waals surface area contributed by atoms with Gasteiger partial charge in [-0.3, -0.25) is 14.5 Å². The van der Waals surface area contributed by atoms with Crippen molar-refractivity contribution in [3.63, 3.8) is 0 Å². The minimum absolute atomic E-state index is 0.00613. The maximum Gasteiger partial charge on any atom is 0.319 e. The summed E-state index contributed by atoms with van der Waals surface area (Å²) in [6.45, 7) is 6.13. The average Bonchev–Trinajstić information content (AvgIpc) is 3.15. The third-order valence-electron chi connectivity index (χ3n) is 5.95. The lowest BCUT2D eigenvalue weighted by atomic mass is 10.0. The average molecular weight is 437 g/mol. The van der Waals surface area contributed by atoms with Crippen LogP contribution in [0.25, 0.3) is 0 Å². The van der Waals surface area contributed by atoms with Gasteiger partial charge in [0.2, 0.25) is 11.8 Å². The van der Waals surface area contributed by atoms with E-state index in [1.807, 2.05) is 18.7 Å². The van der Waals surface area contributed by atoms with Crippen LogP contribution in [0.15, 0.2) is 18.2 Å². The van der Waals surface area contributed by atoms with Crippen LogP contribution in [0.4, 0.5) is 19.3 Å². The Morgan fingerprint density at radius 2 is 2.00 bits per heavy atom. The molecular weight excluding hydrogens is 408 g/mol. The molecule has 170 valence electrons.